The summed E-state index contributed by atoms with van der Waals surface area (Å²) >= 11 is 0. The van der Waals surface area contributed by atoms with Crippen molar-refractivity contribution in [3.8, 4) is 0 Å². The molecule has 0 heterocycles. The number of hydrogen-bond donors (Lipinski definition) is 3. The average molecular weight is 236 g/mol. The van der Waals surface area contributed by atoms with Crippen molar-refractivity contribution >= 4 is 5.97 Å². The number of carboxylic acids is 1. The minimum atomic E-state index is -0.935. The molecule has 0 aliphatic rings. The zero-order valence-electron chi connectivity index (χ0n) is 9.52. The number of aliphatic carboxylic acids is 1. The van der Waals surface area contributed by atoms with Crippen LogP contribution in [0.25, 0.3) is 0 Å². The summed E-state index contributed by atoms with van der Waals surface area (Å²) < 4.78 is 9.75. The number of aliphatic hydroxyl groups is 2. The zero-order valence-corrected chi connectivity index (χ0v) is 9.52. The Bertz CT molecular complexity index is 160. The third-order valence-corrected chi connectivity index (χ3v) is 1.21. The van der Waals surface area contributed by atoms with Gasteiger partial charge in [-0.15, -0.1) is 0 Å². The monoisotopic (exact) mass is 236 g/mol. The molecule has 3 N–H and O–H groups in total. The number of ether oxygens (including phenoxy) is 2. The Hall–Kier alpha value is -0.950. The number of carbonyl (C=O) groups is 1. The van der Waals surface area contributed by atoms with E-state index in [1.54, 1.807) is 0 Å². The molecule has 0 saturated heterocycles. The standard InChI is InChI=1S/C6H14O4.C4H6O2/c7-1-3-9-5-6-10-4-2-8;1-3(2)4(5)6/h7-8H,1-6H2;1H2,2H3,(H,5,6). The van der Waals surface area contributed by atoms with Gasteiger partial charge in [0.1, 0.15) is 0 Å². The van der Waals surface area contributed by atoms with Crippen LogP contribution in [0.15, 0.2) is 12.2 Å². The van der Waals surface area contributed by atoms with Gasteiger partial charge in [0.05, 0.1) is 39.6 Å². The summed E-state index contributed by atoms with van der Waals surface area (Å²) in [4.78, 5) is 9.60. The zero-order chi connectivity index (χ0) is 12.8. The van der Waals surface area contributed by atoms with Gasteiger partial charge >= 0.3 is 5.97 Å². The molecule has 0 atom stereocenters. The van der Waals surface area contributed by atoms with Crippen molar-refractivity contribution in [3.63, 3.8) is 0 Å². The summed E-state index contributed by atoms with van der Waals surface area (Å²) in [5.74, 6) is -0.935. The molecule has 6 heteroatoms. The highest BCUT2D eigenvalue weighted by atomic mass is 16.5. The molecule has 0 aromatic carbocycles. The summed E-state index contributed by atoms with van der Waals surface area (Å²) in [5, 5.41) is 24.4. The van der Waals surface area contributed by atoms with Gasteiger partial charge in [-0.1, -0.05) is 6.58 Å². The minimum absolute atomic E-state index is 0.0417. The second-order valence-electron chi connectivity index (χ2n) is 2.76. The highest BCUT2D eigenvalue weighted by molar-refractivity contribution is 5.84. The molecule has 0 aliphatic carbocycles. The average Bonchev–Trinajstić information content (AvgIpc) is 2.24. The first kappa shape index (κ1) is 17.4. The summed E-state index contributed by atoms with van der Waals surface area (Å²) in [6, 6.07) is 0. The van der Waals surface area contributed by atoms with E-state index in [1.165, 1.54) is 6.92 Å². The number of hydrogen-bond acceptors (Lipinski definition) is 5. The molecule has 0 aromatic heterocycles. The Balaban J connectivity index is 0. The second kappa shape index (κ2) is 14.1. The van der Waals surface area contributed by atoms with Gasteiger partial charge in [-0.25, -0.2) is 4.79 Å². The van der Waals surface area contributed by atoms with Crippen LogP contribution in [0.1, 0.15) is 6.92 Å². The molecule has 96 valence electrons. The van der Waals surface area contributed by atoms with Crippen molar-refractivity contribution < 1.29 is 29.6 Å². The van der Waals surface area contributed by atoms with Crippen molar-refractivity contribution in [1.29, 1.82) is 0 Å². The van der Waals surface area contributed by atoms with Gasteiger partial charge in [0, 0.05) is 5.57 Å². The Morgan fingerprint density at radius 1 is 1.06 bits per heavy atom. The first-order valence-corrected chi connectivity index (χ1v) is 4.82. The normalized spacial score (nSPS) is 9.19. The molecule has 16 heavy (non-hydrogen) atoms. The third kappa shape index (κ3) is 18.8. The van der Waals surface area contributed by atoms with Gasteiger partial charge in [0.2, 0.25) is 0 Å². The maximum absolute atomic E-state index is 9.60. The Morgan fingerprint density at radius 2 is 1.38 bits per heavy atom. The van der Waals surface area contributed by atoms with E-state index in [0.29, 0.717) is 26.4 Å². The van der Waals surface area contributed by atoms with E-state index >= 15 is 0 Å². The predicted octanol–water partition coefficient (Wildman–Crippen LogP) is -0.349. The van der Waals surface area contributed by atoms with Crippen LogP contribution in [-0.2, 0) is 14.3 Å². The summed E-state index contributed by atoms with van der Waals surface area (Å²) in [6.45, 7) is 6.33. The lowest BCUT2D eigenvalue weighted by Gasteiger charge is -2.01. The lowest BCUT2D eigenvalue weighted by atomic mass is 10.4. The van der Waals surface area contributed by atoms with Crippen molar-refractivity contribution in [1.82, 2.24) is 0 Å². The quantitative estimate of drug-likeness (QED) is 0.394. The van der Waals surface area contributed by atoms with Crippen LogP contribution in [0.3, 0.4) is 0 Å². The van der Waals surface area contributed by atoms with Crippen LogP contribution in [0, 0.1) is 0 Å². The van der Waals surface area contributed by atoms with Gasteiger partial charge in [0.25, 0.3) is 0 Å². The highest BCUT2D eigenvalue weighted by Gasteiger charge is 1.90. The summed E-state index contributed by atoms with van der Waals surface area (Å²) in [6.07, 6.45) is 0. The van der Waals surface area contributed by atoms with E-state index in [2.05, 4.69) is 6.58 Å². The molecule has 0 unspecified atom stereocenters. The van der Waals surface area contributed by atoms with E-state index in [9.17, 15) is 4.79 Å². The first-order chi connectivity index (χ1) is 7.56. The Morgan fingerprint density at radius 3 is 1.56 bits per heavy atom. The Kier molecular flexibility index (Phi) is 15.3. The third-order valence-electron chi connectivity index (χ3n) is 1.21. The van der Waals surface area contributed by atoms with Gasteiger partial charge in [-0.3, -0.25) is 0 Å². The van der Waals surface area contributed by atoms with Crippen molar-refractivity contribution in [2.24, 2.45) is 0 Å². The predicted molar refractivity (Wildman–Crippen MR) is 58.3 cm³/mol. The lowest BCUT2D eigenvalue weighted by molar-refractivity contribution is -0.132. The van der Waals surface area contributed by atoms with Gasteiger partial charge in [-0.05, 0) is 6.92 Å². The fourth-order valence-electron chi connectivity index (χ4n) is 0.451. The maximum atomic E-state index is 9.60. The van der Waals surface area contributed by atoms with Gasteiger partial charge in [-0.2, -0.15) is 0 Å². The van der Waals surface area contributed by atoms with Crippen LogP contribution in [0.4, 0.5) is 0 Å². The fraction of sp³-hybridized carbons (Fsp3) is 0.700. The summed E-state index contributed by atoms with van der Waals surface area (Å²) in [7, 11) is 0. The number of aliphatic hydroxyl groups excluding tert-OH is 2. The molecule has 0 aliphatic heterocycles. The molecule has 0 aromatic rings. The summed E-state index contributed by atoms with van der Waals surface area (Å²) in [5.41, 5.74) is 0.176. The van der Waals surface area contributed by atoms with E-state index < -0.39 is 5.97 Å². The van der Waals surface area contributed by atoms with Crippen LogP contribution >= 0.6 is 0 Å². The van der Waals surface area contributed by atoms with Gasteiger partial charge in [0.15, 0.2) is 0 Å². The second-order valence-corrected chi connectivity index (χ2v) is 2.76. The molecule has 0 fully saturated rings. The molecule has 0 amide bonds. The van der Waals surface area contributed by atoms with E-state index in [4.69, 9.17) is 24.8 Å². The molecule has 0 rings (SSSR count). The van der Waals surface area contributed by atoms with Gasteiger partial charge < -0.3 is 24.8 Å². The van der Waals surface area contributed by atoms with Crippen LogP contribution in [0.5, 0.6) is 0 Å². The molecule has 0 saturated carbocycles. The molecular weight excluding hydrogens is 216 g/mol. The Labute approximate surface area is 95.1 Å². The van der Waals surface area contributed by atoms with Crippen molar-refractivity contribution in [2.75, 3.05) is 39.6 Å². The van der Waals surface area contributed by atoms with E-state index in [0.717, 1.165) is 0 Å². The largest absolute Gasteiger partial charge is 0.478 e. The van der Waals surface area contributed by atoms with Crippen molar-refractivity contribution in [2.45, 2.75) is 6.92 Å². The number of rotatable bonds is 8. The molecular formula is C10H20O6. The molecule has 0 spiro atoms. The molecule has 6 nitrogen and oxygen atoms in total. The van der Waals surface area contributed by atoms with Crippen molar-refractivity contribution in [3.05, 3.63) is 12.2 Å². The number of carboxylic acid groups (broad SMARTS) is 1. The van der Waals surface area contributed by atoms with E-state index in [-0.39, 0.29) is 18.8 Å². The smallest absolute Gasteiger partial charge is 0.330 e. The fourth-order valence-corrected chi connectivity index (χ4v) is 0.451. The van der Waals surface area contributed by atoms with Crippen LogP contribution in [0.2, 0.25) is 0 Å². The van der Waals surface area contributed by atoms with Crippen LogP contribution < -0.4 is 0 Å². The lowest BCUT2D eigenvalue weighted by Crippen LogP contribution is -2.09. The highest BCUT2D eigenvalue weighted by Crippen LogP contribution is 1.81. The molecule has 0 bridgehead atoms. The first-order valence-electron chi connectivity index (χ1n) is 4.82. The SMILES string of the molecule is C=C(C)C(=O)O.OCCOCCOCCO. The molecule has 0 radical (unpaired) electrons. The van der Waals surface area contributed by atoms with E-state index in [1.807, 2.05) is 0 Å². The topological polar surface area (TPSA) is 96.2 Å². The van der Waals surface area contributed by atoms with Crippen LogP contribution in [-0.4, -0.2) is 60.9 Å². The maximum Gasteiger partial charge on any atom is 0.330 e. The minimum Gasteiger partial charge on any atom is -0.478 e.